The molecule has 0 spiro atoms. The standard InChI is InChI=1S/C23H17NS/c1-17-3-8-21(9-4-17)22-11-6-19(7-12-22)5-10-20-13-14-23(25-16-24)15-18(20)2/h3-4,6-9,11-15H,1-2H3. The van der Waals surface area contributed by atoms with E-state index < -0.39 is 0 Å². The number of thioether (sulfide) groups is 1. The van der Waals surface area contributed by atoms with Crippen molar-refractivity contribution in [1.29, 1.82) is 5.26 Å². The third kappa shape index (κ3) is 4.32. The van der Waals surface area contributed by atoms with Crippen LogP contribution in [0.25, 0.3) is 11.1 Å². The Morgan fingerprint density at radius 1 is 0.760 bits per heavy atom. The molecule has 0 heterocycles. The van der Waals surface area contributed by atoms with Gasteiger partial charge in [-0.3, -0.25) is 0 Å². The Morgan fingerprint density at radius 3 is 2.00 bits per heavy atom. The summed E-state index contributed by atoms with van der Waals surface area (Å²) in [5.41, 5.74) is 6.74. The topological polar surface area (TPSA) is 23.8 Å². The van der Waals surface area contributed by atoms with E-state index in [-0.39, 0.29) is 0 Å². The first kappa shape index (κ1) is 16.9. The molecule has 0 radical (unpaired) electrons. The van der Waals surface area contributed by atoms with Crippen LogP contribution in [0.3, 0.4) is 0 Å². The molecule has 0 unspecified atom stereocenters. The molecular weight excluding hydrogens is 322 g/mol. The van der Waals surface area contributed by atoms with E-state index in [1.807, 2.05) is 25.1 Å². The van der Waals surface area contributed by atoms with Gasteiger partial charge in [0, 0.05) is 16.0 Å². The number of nitriles is 1. The van der Waals surface area contributed by atoms with E-state index in [4.69, 9.17) is 5.26 Å². The summed E-state index contributed by atoms with van der Waals surface area (Å²) in [6.07, 6.45) is 0. The summed E-state index contributed by atoms with van der Waals surface area (Å²) in [6.45, 7) is 4.11. The molecule has 0 aromatic heterocycles. The first-order valence-corrected chi connectivity index (χ1v) is 8.83. The summed E-state index contributed by atoms with van der Waals surface area (Å²) < 4.78 is 0. The summed E-state index contributed by atoms with van der Waals surface area (Å²) >= 11 is 1.17. The molecule has 0 N–H and O–H groups in total. The van der Waals surface area contributed by atoms with E-state index in [0.717, 1.165) is 21.6 Å². The molecule has 3 aromatic carbocycles. The lowest BCUT2D eigenvalue weighted by Gasteiger charge is -2.02. The third-order valence-corrected chi connectivity index (χ3v) is 4.55. The molecule has 0 amide bonds. The zero-order chi connectivity index (χ0) is 17.6. The lowest BCUT2D eigenvalue weighted by Crippen LogP contribution is -1.83. The Balaban J connectivity index is 1.80. The fraction of sp³-hybridized carbons (Fsp3) is 0.0870. The number of hydrogen-bond donors (Lipinski definition) is 0. The number of rotatable bonds is 2. The minimum absolute atomic E-state index is 0.952. The van der Waals surface area contributed by atoms with Crippen LogP contribution in [-0.2, 0) is 0 Å². The number of thiocyanates is 1. The van der Waals surface area contributed by atoms with E-state index >= 15 is 0 Å². The largest absolute Gasteiger partial charge is 0.185 e. The van der Waals surface area contributed by atoms with Crippen molar-refractivity contribution in [2.24, 2.45) is 0 Å². The van der Waals surface area contributed by atoms with Crippen molar-refractivity contribution in [2.75, 3.05) is 0 Å². The van der Waals surface area contributed by atoms with Crippen LogP contribution in [0.2, 0.25) is 0 Å². The maximum atomic E-state index is 8.74. The van der Waals surface area contributed by atoms with E-state index in [9.17, 15) is 0 Å². The van der Waals surface area contributed by atoms with Crippen LogP contribution in [0, 0.1) is 36.4 Å². The van der Waals surface area contributed by atoms with Crippen LogP contribution in [0.1, 0.15) is 22.3 Å². The Morgan fingerprint density at radius 2 is 1.40 bits per heavy atom. The van der Waals surface area contributed by atoms with Crippen LogP contribution in [0.4, 0.5) is 0 Å². The normalized spacial score (nSPS) is 9.80. The van der Waals surface area contributed by atoms with Crippen molar-refractivity contribution in [2.45, 2.75) is 18.7 Å². The van der Waals surface area contributed by atoms with E-state index in [1.54, 1.807) is 0 Å². The van der Waals surface area contributed by atoms with Crippen molar-refractivity contribution in [1.82, 2.24) is 0 Å². The van der Waals surface area contributed by atoms with Gasteiger partial charge in [-0.25, -0.2) is 0 Å². The van der Waals surface area contributed by atoms with Gasteiger partial charge in [-0.15, -0.1) is 0 Å². The zero-order valence-corrected chi connectivity index (χ0v) is 15.0. The van der Waals surface area contributed by atoms with Crippen molar-refractivity contribution < 1.29 is 0 Å². The van der Waals surface area contributed by atoms with Gasteiger partial charge >= 0.3 is 0 Å². The van der Waals surface area contributed by atoms with Gasteiger partial charge in [-0.1, -0.05) is 53.8 Å². The Labute approximate surface area is 153 Å². The van der Waals surface area contributed by atoms with E-state index in [0.29, 0.717) is 0 Å². The molecule has 0 bridgehead atoms. The molecule has 0 aliphatic rings. The van der Waals surface area contributed by atoms with Crippen molar-refractivity contribution in [3.8, 4) is 28.4 Å². The molecule has 0 atom stereocenters. The molecule has 3 rings (SSSR count). The highest BCUT2D eigenvalue weighted by atomic mass is 32.2. The summed E-state index contributed by atoms with van der Waals surface area (Å²) in [5.74, 6) is 6.44. The highest BCUT2D eigenvalue weighted by molar-refractivity contribution is 8.03. The number of hydrogen-bond acceptors (Lipinski definition) is 2. The summed E-state index contributed by atoms with van der Waals surface area (Å²) in [7, 11) is 0. The molecule has 2 heteroatoms. The van der Waals surface area contributed by atoms with Gasteiger partial charge in [0.05, 0.1) is 0 Å². The smallest absolute Gasteiger partial charge is 0.138 e. The van der Waals surface area contributed by atoms with Crippen molar-refractivity contribution in [3.05, 3.63) is 89.0 Å². The van der Waals surface area contributed by atoms with Crippen LogP contribution in [-0.4, -0.2) is 0 Å². The van der Waals surface area contributed by atoms with Gasteiger partial charge in [-0.2, -0.15) is 5.26 Å². The maximum absolute atomic E-state index is 8.74. The van der Waals surface area contributed by atoms with Gasteiger partial charge in [0.2, 0.25) is 0 Å². The van der Waals surface area contributed by atoms with Crippen LogP contribution in [0.5, 0.6) is 0 Å². The number of aryl methyl sites for hydroxylation is 2. The predicted octanol–water partition coefficient (Wildman–Crippen LogP) is 5.94. The van der Waals surface area contributed by atoms with Gasteiger partial charge in [0.25, 0.3) is 0 Å². The van der Waals surface area contributed by atoms with Crippen LogP contribution >= 0.6 is 11.8 Å². The molecule has 3 aromatic rings. The quantitative estimate of drug-likeness (QED) is 0.327. The van der Waals surface area contributed by atoms with Gasteiger partial charge in [0.1, 0.15) is 5.40 Å². The summed E-state index contributed by atoms with van der Waals surface area (Å²) in [6, 6.07) is 22.8. The molecular formula is C23H17NS. The van der Waals surface area contributed by atoms with Crippen LogP contribution < -0.4 is 0 Å². The molecule has 0 saturated carbocycles. The lowest BCUT2D eigenvalue weighted by atomic mass is 10.0. The SMILES string of the molecule is Cc1ccc(-c2ccc(C#Cc3ccc(SC#N)cc3C)cc2)cc1. The first-order valence-electron chi connectivity index (χ1n) is 8.01. The summed E-state index contributed by atoms with van der Waals surface area (Å²) in [4.78, 5) is 0.952. The van der Waals surface area contributed by atoms with E-state index in [2.05, 4.69) is 72.7 Å². The Hall–Kier alpha value is -2.94. The fourth-order valence-corrected chi connectivity index (χ4v) is 3.00. The van der Waals surface area contributed by atoms with Crippen molar-refractivity contribution >= 4 is 11.8 Å². The molecule has 0 fully saturated rings. The van der Waals surface area contributed by atoms with Gasteiger partial charge < -0.3 is 0 Å². The Bertz CT molecular complexity index is 981. The monoisotopic (exact) mass is 339 g/mol. The second kappa shape index (κ2) is 7.75. The highest BCUT2D eigenvalue weighted by Gasteiger charge is 1.99. The zero-order valence-electron chi connectivity index (χ0n) is 14.2. The molecule has 25 heavy (non-hydrogen) atoms. The van der Waals surface area contributed by atoms with Gasteiger partial charge in [0.15, 0.2) is 0 Å². The minimum Gasteiger partial charge on any atom is -0.185 e. The van der Waals surface area contributed by atoms with Crippen molar-refractivity contribution in [3.63, 3.8) is 0 Å². The van der Waals surface area contributed by atoms with Crippen LogP contribution in [0.15, 0.2) is 71.6 Å². The Kier molecular flexibility index (Phi) is 5.24. The fourth-order valence-electron chi connectivity index (χ4n) is 2.52. The number of benzene rings is 3. The molecule has 0 aliphatic carbocycles. The molecule has 120 valence electrons. The molecule has 0 aliphatic heterocycles. The van der Waals surface area contributed by atoms with E-state index in [1.165, 1.54) is 28.5 Å². The number of nitrogens with zero attached hydrogens (tertiary/aromatic N) is 1. The first-order chi connectivity index (χ1) is 12.2. The third-order valence-electron chi connectivity index (χ3n) is 3.97. The lowest BCUT2D eigenvalue weighted by molar-refractivity contribution is 1.34. The minimum atomic E-state index is 0.952. The average Bonchev–Trinajstić information content (AvgIpc) is 2.62. The molecule has 1 nitrogen and oxygen atoms in total. The highest BCUT2D eigenvalue weighted by Crippen LogP contribution is 2.21. The molecule has 0 saturated heterocycles. The predicted molar refractivity (Wildman–Crippen MR) is 105 cm³/mol. The summed E-state index contributed by atoms with van der Waals surface area (Å²) in [5, 5.41) is 10.8. The second-order valence-corrected chi connectivity index (χ2v) is 6.72. The second-order valence-electron chi connectivity index (χ2n) is 5.86. The average molecular weight is 339 g/mol. The maximum Gasteiger partial charge on any atom is 0.138 e. The van der Waals surface area contributed by atoms with Gasteiger partial charge in [-0.05, 0) is 72.6 Å².